The molecular weight excluding hydrogens is 638 g/mol. The first-order chi connectivity index (χ1) is 22.7. The highest BCUT2D eigenvalue weighted by molar-refractivity contribution is 5.90. The molecule has 1 aliphatic heterocycles. The van der Waals surface area contributed by atoms with Crippen molar-refractivity contribution in [3.8, 4) is 5.69 Å². The zero-order valence-corrected chi connectivity index (χ0v) is 29.5. The smallest absolute Gasteiger partial charge is 0.408 e. The van der Waals surface area contributed by atoms with Crippen LogP contribution in [-0.4, -0.2) is 106 Å². The highest BCUT2D eigenvalue weighted by Crippen LogP contribution is 2.16. The van der Waals surface area contributed by atoms with Crippen LogP contribution in [0.1, 0.15) is 61.0 Å². The lowest BCUT2D eigenvalue weighted by Crippen LogP contribution is -2.60. The van der Waals surface area contributed by atoms with E-state index in [-0.39, 0.29) is 44.3 Å². The molecular formula is C33H47N7O9. The van der Waals surface area contributed by atoms with Crippen LogP contribution >= 0.6 is 0 Å². The van der Waals surface area contributed by atoms with Gasteiger partial charge in [-0.1, -0.05) is 12.1 Å². The van der Waals surface area contributed by atoms with Gasteiger partial charge in [0.1, 0.15) is 28.6 Å². The van der Waals surface area contributed by atoms with Crippen LogP contribution in [0.5, 0.6) is 0 Å². The third-order valence-electron chi connectivity index (χ3n) is 7.07. The first-order valence-electron chi connectivity index (χ1n) is 15.8. The summed E-state index contributed by atoms with van der Waals surface area (Å²) in [5, 5.41) is 7.76. The normalized spacial score (nSPS) is 14.3. The number of hydrogen-bond acceptors (Lipinski definition) is 10. The molecule has 0 aliphatic carbocycles. The number of nitrogens with zero attached hydrogens (tertiary/aromatic N) is 4. The quantitative estimate of drug-likeness (QED) is 0.275. The maximum atomic E-state index is 13.1. The molecule has 5 amide bonds. The van der Waals surface area contributed by atoms with E-state index in [1.54, 1.807) is 84.6 Å². The number of esters is 1. The van der Waals surface area contributed by atoms with Crippen LogP contribution in [0.25, 0.3) is 5.69 Å². The number of alkyl carbamates (subject to hydrolysis) is 2. The van der Waals surface area contributed by atoms with Crippen LogP contribution in [-0.2, 0) is 30.2 Å². The fourth-order valence-electron chi connectivity index (χ4n) is 4.79. The van der Waals surface area contributed by atoms with E-state index in [2.05, 4.69) is 20.9 Å². The molecule has 1 saturated heterocycles. The van der Waals surface area contributed by atoms with Crippen molar-refractivity contribution in [1.29, 1.82) is 0 Å². The first kappa shape index (κ1) is 38.3. The number of ether oxygens (including phenoxy) is 3. The lowest BCUT2D eigenvalue weighted by Gasteiger charge is -2.38. The van der Waals surface area contributed by atoms with Gasteiger partial charge in [-0.3, -0.25) is 14.7 Å². The highest BCUT2D eigenvalue weighted by Gasteiger charge is 2.37. The van der Waals surface area contributed by atoms with E-state index in [0.29, 0.717) is 11.3 Å². The summed E-state index contributed by atoms with van der Waals surface area (Å²) in [7, 11) is 1.22. The SMILES string of the molecule is COC(=O)[C@@H](Cc1ccc(-n2ccc(NC(=O)N3CCN(C(=O)C(C)(C)NC(=O)OC(C)(C)C)CC3)nc2=O)cc1)NC(=O)OC(C)(C)C. The van der Waals surface area contributed by atoms with E-state index in [1.165, 1.54) is 28.8 Å². The first-order valence-corrected chi connectivity index (χ1v) is 15.8. The summed E-state index contributed by atoms with van der Waals surface area (Å²) in [6, 6.07) is 6.72. The minimum absolute atomic E-state index is 0.0539. The minimum atomic E-state index is -1.22. The van der Waals surface area contributed by atoms with Crippen LogP contribution in [0.2, 0.25) is 0 Å². The number of anilines is 1. The topological polar surface area (TPSA) is 190 Å². The van der Waals surface area contributed by atoms with Gasteiger partial charge in [0, 0.05) is 38.8 Å². The third-order valence-corrected chi connectivity index (χ3v) is 7.07. The zero-order valence-electron chi connectivity index (χ0n) is 29.5. The van der Waals surface area contributed by atoms with Gasteiger partial charge < -0.3 is 34.6 Å². The molecule has 3 rings (SSSR count). The van der Waals surface area contributed by atoms with Crippen molar-refractivity contribution in [1.82, 2.24) is 30.0 Å². The van der Waals surface area contributed by atoms with Gasteiger partial charge >= 0.3 is 29.9 Å². The number of benzene rings is 1. The van der Waals surface area contributed by atoms with Crippen LogP contribution in [0.15, 0.2) is 41.3 Å². The molecule has 1 aliphatic rings. The average Bonchev–Trinajstić information content (AvgIpc) is 2.98. The lowest BCUT2D eigenvalue weighted by atomic mass is 10.0. The Morgan fingerprint density at radius 3 is 1.90 bits per heavy atom. The van der Waals surface area contributed by atoms with Gasteiger partial charge in [0.15, 0.2) is 0 Å². The second-order valence-corrected chi connectivity index (χ2v) is 14.0. The fraction of sp³-hybridized carbons (Fsp3) is 0.545. The Morgan fingerprint density at radius 1 is 0.816 bits per heavy atom. The van der Waals surface area contributed by atoms with Gasteiger partial charge in [-0.15, -0.1) is 0 Å². The van der Waals surface area contributed by atoms with E-state index < -0.39 is 52.7 Å². The number of rotatable bonds is 8. The molecule has 16 heteroatoms. The number of carbonyl (C=O) groups is 5. The molecule has 3 N–H and O–H groups in total. The number of methoxy groups -OCH3 is 1. The summed E-state index contributed by atoms with van der Waals surface area (Å²) in [6.45, 7) is 14.4. The molecule has 1 fully saturated rings. The van der Waals surface area contributed by atoms with Gasteiger partial charge in [0.25, 0.3) is 0 Å². The number of hydrogen-bond donors (Lipinski definition) is 3. The number of carbonyl (C=O) groups excluding carboxylic acids is 5. The molecule has 2 aromatic rings. The minimum Gasteiger partial charge on any atom is -0.467 e. The van der Waals surface area contributed by atoms with Gasteiger partial charge in [-0.25, -0.2) is 24.0 Å². The molecule has 0 radical (unpaired) electrons. The Bertz CT molecular complexity index is 1580. The molecule has 0 spiro atoms. The zero-order chi connectivity index (χ0) is 36.7. The predicted octanol–water partition coefficient (Wildman–Crippen LogP) is 2.82. The summed E-state index contributed by atoms with van der Waals surface area (Å²) in [6.07, 6.45) is 0.134. The van der Waals surface area contributed by atoms with Crippen molar-refractivity contribution in [2.45, 2.75) is 84.6 Å². The van der Waals surface area contributed by atoms with Gasteiger partial charge in [0.05, 0.1) is 12.8 Å². The van der Waals surface area contributed by atoms with Gasteiger partial charge in [0.2, 0.25) is 5.91 Å². The van der Waals surface area contributed by atoms with Gasteiger partial charge in [-0.05, 0) is 79.2 Å². The lowest BCUT2D eigenvalue weighted by molar-refractivity contribution is -0.143. The fourth-order valence-corrected chi connectivity index (χ4v) is 4.79. The third kappa shape index (κ3) is 11.5. The standard InChI is InChI=1S/C33H47N7O9/c1-31(2,3)48-29(45)34-23(25(41)47-9)20-21-10-12-22(13-11-21)40-15-14-24(36-28(40)44)35-27(43)39-18-16-38(17-19-39)26(42)33(7,8)37-30(46)49-32(4,5)6/h10-15,23H,16-20H2,1-9H3,(H,34,45)(H,37,46)(H,35,36,43,44)/t23-/m1/s1. The van der Waals surface area contributed by atoms with Crippen LogP contribution < -0.4 is 21.6 Å². The van der Waals surface area contributed by atoms with Crippen molar-refractivity contribution in [3.05, 3.63) is 52.6 Å². The van der Waals surface area contributed by atoms with Crippen molar-refractivity contribution >= 4 is 35.9 Å². The molecule has 2 heterocycles. The molecule has 1 aromatic carbocycles. The average molecular weight is 686 g/mol. The van der Waals surface area contributed by atoms with E-state index in [1.807, 2.05) is 0 Å². The molecule has 0 saturated carbocycles. The van der Waals surface area contributed by atoms with Crippen LogP contribution in [0, 0.1) is 0 Å². The van der Waals surface area contributed by atoms with Gasteiger partial charge in [-0.2, -0.15) is 4.98 Å². The summed E-state index contributed by atoms with van der Waals surface area (Å²) in [5.41, 5.74) is -2.14. The Balaban J connectivity index is 1.57. The molecule has 0 unspecified atom stereocenters. The van der Waals surface area contributed by atoms with Crippen molar-refractivity contribution < 1.29 is 38.2 Å². The van der Waals surface area contributed by atoms with Crippen molar-refractivity contribution in [3.63, 3.8) is 0 Å². The molecule has 1 aromatic heterocycles. The Morgan fingerprint density at radius 2 is 1.37 bits per heavy atom. The number of urea groups is 1. The number of amides is 5. The Labute approximate surface area is 285 Å². The number of piperazine rings is 1. The Hall–Kier alpha value is -5.15. The van der Waals surface area contributed by atoms with E-state index in [4.69, 9.17) is 14.2 Å². The monoisotopic (exact) mass is 685 g/mol. The predicted molar refractivity (Wildman–Crippen MR) is 179 cm³/mol. The van der Waals surface area contributed by atoms with Crippen molar-refractivity contribution in [2.24, 2.45) is 0 Å². The molecule has 49 heavy (non-hydrogen) atoms. The van der Waals surface area contributed by atoms with E-state index in [0.717, 1.165) is 0 Å². The number of aromatic nitrogens is 2. The van der Waals surface area contributed by atoms with E-state index in [9.17, 15) is 28.8 Å². The largest absolute Gasteiger partial charge is 0.467 e. The molecule has 268 valence electrons. The molecule has 1 atom stereocenters. The summed E-state index contributed by atoms with van der Waals surface area (Å²) < 4.78 is 16.6. The van der Waals surface area contributed by atoms with Crippen LogP contribution in [0.4, 0.5) is 20.2 Å². The van der Waals surface area contributed by atoms with Crippen LogP contribution in [0.3, 0.4) is 0 Å². The summed E-state index contributed by atoms with van der Waals surface area (Å²) in [4.78, 5) is 82.7. The molecule has 16 nitrogen and oxygen atoms in total. The highest BCUT2D eigenvalue weighted by atomic mass is 16.6. The summed E-state index contributed by atoms with van der Waals surface area (Å²) in [5.74, 6) is -0.893. The molecule has 0 bridgehead atoms. The second kappa shape index (κ2) is 15.4. The Kier molecular flexibility index (Phi) is 12.0. The van der Waals surface area contributed by atoms with E-state index >= 15 is 0 Å². The number of nitrogens with one attached hydrogen (secondary N) is 3. The second-order valence-electron chi connectivity index (χ2n) is 14.0. The maximum Gasteiger partial charge on any atom is 0.408 e. The summed E-state index contributed by atoms with van der Waals surface area (Å²) >= 11 is 0. The maximum absolute atomic E-state index is 13.1. The van der Waals surface area contributed by atoms with Crippen molar-refractivity contribution in [2.75, 3.05) is 38.6 Å².